The van der Waals surface area contributed by atoms with Crippen LogP contribution in [-0.2, 0) is 0 Å². The summed E-state index contributed by atoms with van der Waals surface area (Å²) in [6.07, 6.45) is 0.908. The molecule has 0 aromatic heterocycles. The Hall–Kier alpha value is -1.23. The van der Waals surface area contributed by atoms with Crippen molar-refractivity contribution in [1.82, 2.24) is 5.32 Å². The molecule has 1 aromatic carbocycles. The number of carbonyl (C=O) groups is 1. The number of phenols is 2. The Morgan fingerprint density at radius 2 is 1.94 bits per heavy atom. The van der Waals surface area contributed by atoms with Crippen molar-refractivity contribution < 1.29 is 15.0 Å². The molecule has 1 amide bonds. The predicted octanol–water partition coefficient (Wildman–Crippen LogP) is 2.00. The zero-order valence-corrected chi connectivity index (χ0v) is 10.5. The fourth-order valence-corrected chi connectivity index (χ4v) is 1.34. The number of benzene rings is 1. The van der Waals surface area contributed by atoms with Gasteiger partial charge in [0.05, 0.1) is 0 Å². The largest absolute Gasteiger partial charge is 0.508 e. The summed E-state index contributed by atoms with van der Waals surface area (Å²) in [7, 11) is 0. The maximum absolute atomic E-state index is 11.6. The Labute approximate surface area is 102 Å². The van der Waals surface area contributed by atoms with Gasteiger partial charge < -0.3 is 15.5 Å². The maximum Gasteiger partial charge on any atom is 0.251 e. The number of rotatable bonds is 4. The van der Waals surface area contributed by atoms with Crippen LogP contribution in [0, 0.1) is 0 Å². The summed E-state index contributed by atoms with van der Waals surface area (Å²) in [6.45, 7) is 2.51. The third kappa shape index (κ3) is 3.73. The highest BCUT2D eigenvalue weighted by Gasteiger charge is 2.09. The summed E-state index contributed by atoms with van der Waals surface area (Å²) in [6, 6.07) is 3.80. The van der Waals surface area contributed by atoms with E-state index in [1.807, 2.05) is 6.92 Å². The van der Waals surface area contributed by atoms with Gasteiger partial charge in [0, 0.05) is 23.0 Å². The van der Waals surface area contributed by atoms with Gasteiger partial charge in [-0.05, 0) is 18.6 Å². The smallest absolute Gasteiger partial charge is 0.251 e. The minimum absolute atomic E-state index is 0.129. The molecular weight excluding hydrogens is 274 g/mol. The maximum atomic E-state index is 11.6. The minimum atomic E-state index is -0.316. The van der Waals surface area contributed by atoms with E-state index in [0.717, 1.165) is 6.42 Å². The zero-order valence-electron chi connectivity index (χ0n) is 8.90. The molecule has 0 aliphatic rings. The summed E-state index contributed by atoms with van der Waals surface area (Å²) in [4.78, 5) is 11.8. The molecule has 0 aliphatic carbocycles. The van der Waals surface area contributed by atoms with E-state index in [4.69, 9.17) is 0 Å². The van der Waals surface area contributed by atoms with E-state index in [9.17, 15) is 15.0 Å². The molecule has 0 saturated heterocycles. The molecule has 5 heteroatoms. The summed E-state index contributed by atoms with van der Waals surface area (Å²) in [5.74, 6) is -0.573. The van der Waals surface area contributed by atoms with Crippen LogP contribution < -0.4 is 5.32 Å². The Morgan fingerprint density at radius 1 is 1.38 bits per heavy atom. The number of aromatic hydroxyl groups is 2. The Kier molecular flexibility index (Phi) is 4.61. The van der Waals surface area contributed by atoms with Crippen LogP contribution in [0.1, 0.15) is 23.7 Å². The average Bonchev–Trinajstić information content (AvgIpc) is 2.23. The average molecular weight is 288 g/mol. The number of phenolic OH excluding ortho intramolecular Hbond substituents is 2. The third-order valence-electron chi connectivity index (χ3n) is 2.09. The zero-order chi connectivity index (χ0) is 12.1. The van der Waals surface area contributed by atoms with Crippen molar-refractivity contribution in [3.63, 3.8) is 0 Å². The molecule has 0 bridgehead atoms. The van der Waals surface area contributed by atoms with Gasteiger partial charge in [0.25, 0.3) is 5.91 Å². The number of carbonyl (C=O) groups excluding carboxylic acids is 1. The molecule has 1 rings (SSSR count). The minimum Gasteiger partial charge on any atom is -0.508 e. The number of hydrogen-bond acceptors (Lipinski definition) is 3. The second-order valence-electron chi connectivity index (χ2n) is 3.45. The van der Waals surface area contributed by atoms with Crippen LogP contribution in [0.25, 0.3) is 0 Å². The Morgan fingerprint density at radius 3 is 2.44 bits per heavy atom. The highest BCUT2D eigenvalue weighted by molar-refractivity contribution is 9.09. The molecule has 16 heavy (non-hydrogen) atoms. The molecule has 1 aromatic rings. The van der Waals surface area contributed by atoms with Gasteiger partial charge in [0.15, 0.2) is 0 Å². The lowest BCUT2D eigenvalue weighted by molar-refractivity contribution is 0.0953. The summed E-state index contributed by atoms with van der Waals surface area (Å²) in [5.41, 5.74) is 0.244. The standard InChI is InChI=1S/C11H14BrNO3/c1-2-8(12)6-13-11(16)7-3-9(14)5-10(15)4-7/h3-5,8,14-15H,2,6H2,1H3,(H,13,16). The number of alkyl halides is 1. The number of hydrogen-bond donors (Lipinski definition) is 3. The van der Waals surface area contributed by atoms with Gasteiger partial charge in [-0.1, -0.05) is 22.9 Å². The number of amides is 1. The fourth-order valence-electron chi connectivity index (χ4n) is 1.18. The van der Waals surface area contributed by atoms with Gasteiger partial charge in [0.1, 0.15) is 11.5 Å². The first kappa shape index (κ1) is 12.8. The van der Waals surface area contributed by atoms with Gasteiger partial charge >= 0.3 is 0 Å². The van der Waals surface area contributed by atoms with E-state index < -0.39 is 0 Å². The van der Waals surface area contributed by atoms with Crippen LogP contribution in [0.15, 0.2) is 18.2 Å². The Balaban J connectivity index is 2.66. The third-order valence-corrected chi connectivity index (χ3v) is 3.06. The van der Waals surface area contributed by atoms with Crippen LogP contribution in [0.5, 0.6) is 11.5 Å². The Bertz CT molecular complexity index is 361. The van der Waals surface area contributed by atoms with Gasteiger partial charge in [-0.15, -0.1) is 0 Å². The van der Waals surface area contributed by atoms with Crippen LogP contribution in [0.3, 0.4) is 0 Å². The second kappa shape index (κ2) is 5.75. The van der Waals surface area contributed by atoms with Crippen molar-refractivity contribution >= 4 is 21.8 Å². The van der Waals surface area contributed by atoms with Gasteiger partial charge in [-0.25, -0.2) is 0 Å². The lowest BCUT2D eigenvalue weighted by atomic mass is 10.2. The summed E-state index contributed by atoms with van der Waals surface area (Å²) in [5, 5.41) is 21.1. The van der Waals surface area contributed by atoms with Crippen molar-refractivity contribution in [1.29, 1.82) is 0 Å². The van der Waals surface area contributed by atoms with Crippen molar-refractivity contribution in [2.75, 3.05) is 6.54 Å². The molecule has 0 fully saturated rings. The van der Waals surface area contributed by atoms with Gasteiger partial charge in [-0.3, -0.25) is 4.79 Å². The molecule has 0 saturated carbocycles. The van der Waals surface area contributed by atoms with E-state index >= 15 is 0 Å². The monoisotopic (exact) mass is 287 g/mol. The molecular formula is C11H14BrNO3. The highest BCUT2D eigenvalue weighted by atomic mass is 79.9. The molecule has 4 nitrogen and oxygen atoms in total. The van der Waals surface area contributed by atoms with Gasteiger partial charge in [0.2, 0.25) is 0 Å². The normalized spacial score (nSPS) is 12.1. The van der Waals surface area contributed by atoms with Gasteiger partial charge in [-0.2, -0.15) is 0 Å². The molecule has 0 radical (unpaired) electrons. The topological polar surface area (TPSA) is 69.6 Å². The van der Waals surface area contributed by atoms with Crippen molar-refractivity contribution in [2.24, 2.45) is 0 Å². The highest BCUT2D eigenvalue weighted by Crippen LogP contribution is 2.20. The molecule has 0 heterocycles. The predicted molar refractivity (Wildman–Crippen MR) is 65.1 cm³/mol. The van der Waals surface area contributed by atoms with Crippen molar-refractivity contribution in [2.45, 2.75) is 18.2 Å². The summed E-state index contributed by atoms with van der Waals surface area (Å²) < 4.78 is 0. The molecule has 3 N–H and O–H groups in total. The van der Waals surface area contributed by atoms with E-state index in [1.165, 1.54) is 18.2 Å². The first-order valence-corrected chi connectivity index (χ1v) is 5.89. The lowest BCUT2D eigenvalue weighted by Gasteiger charge is -2.09. The van der Waals surface area contributed by atoms with E-state index in [1.54, 1.807) is 0 Å². The van der Waals surface area contributed by atoms with Crippen LogP contribution in [0.2, 0.25) is 0 Å². The van der Waals surface area contributed by atoms with Crippen molar-refractivity contribution in [3.8, 4) is 11.5 Å². The van der Waals surface area contributed by atoms with E-state index in [0.29, 0.717) is 6.54 Å². The molecule has 1 unspecified atom stereocenters. The second-order valence-corrected chi connectivity index (χ2v) is 4.75. The number of halogens is 1. The number of nitrogens with one attached hydrogen (secondary N) is 1. The lowest BCUT2D eigenvalue weighted by Crippen LogP contribution is -2.29. The van der Waals surface area contributed by atoms with Crippen LogP contribution in [-0.4, -0.2) is 27.5 Å². The quantitative estimate of drug-likeness (QED) is 0.742. The van der Waals surface area contributed by atoms with Crippen molar-refractivity contribution in [3.05, 3.63) is 23.8 Å². The first-order chi connectivity index (χ1) is 7.52. The van der Waals surface area contributed by atoms with Crippen LogP contribution >= 0.6 is 15.9 Å². The van der Waals surface area contributed by atoms with Crippen LogP contribution in [0.4, 0.5) is 0 Å². The van der Waals surface area contributed by atoms with E-state index in [-0.39, 0.29) is 27.8 Å². The summed E-state index contributed by atoms with van der Waals surface area (Å²) >= 11 is 3.39. The molecule has 88 valence electrons. The van der Waals surface area contributed by atoms with E-state index in [2.05, 4.69) is 21.2 Å². The SMILES string of the molecule is CCC(Br)CNC(=O)c1cc(O)cc(O)c1. The molecule has 0 spiro atoms. The molecule has 1 atom stereocenters. The molecule has 0 aliphatic heterocycles. The first-order valence-electron chi connectivity index (χ1n) is 4.98. The fraction of sp³-hybridized carbons (Fsp3) is 0.364.